The van der Waals surface area contributed by atoms with Crippen molar-refractivity contribution < 1.29 is 5.11 Å². The lowest BCUT2D eigenvalue weighted by atomic mass is 11.8. The fourth-order valence-electron chi connectivity index (χ4n) is 0. The Morgan fingerprint density at radius 3 is 0.857 bits per heavy atom. The van der Waals surface area contributed by atoms with Crippen LogP contribution in [0.2, 0.25) is 26.2 Å². The van der Waals surface area contributed by atoms with Crippen LogP contribution in [0.3, 0.4) is 0 Å². The predicted molar refractivity (Wildman–Crippen MR) is 37.4 cm³/mol. The third-order valence-corrected chi connectivity index (χ3v) is 0. The molecule has 0 saturated carbocycles. The van der Waals surface area contributed by atoms with Crippen molar-refractivity contribution in [3.63, 3.8) is 0 Å². The fourth-order valence-corrected chi connectivity index (χ4v) is 0. The molecular formula is C5H16OSi. The van der Waals surface area contributed by atoms with Gasteiger partial charge in [0.05, 0.1) is 0 Å². The number of hydrogen-bond donors (Lipinski definition) is 1. The average molecular weight is 120 g/mol. The maximum Gasteiger partial charge on any atom is 0.0411 e. The molecule has 0 aliphatic carbocycles. The summed E-state index contributed by atoms with van der Waals surface area (Å²) in [5, 5.41) is 7.00. The summed E-state index contributed by atoms with van der Waals surface area (Å²) in [5.41, 5.74) is 0. The molecule has 0 saturated heterocycles. The standard InChI is InChI=1S/C4H12Si.CH4O/c1-5(2,3)4;1-2/h1-4H3;2H,1H3. The first-order chi connectivity index (χ1) is 3.00. The van der Waals surface area contributed by atoms with E-state index in [0.717, 1.165) is 7.11 Å². The van der Waals surface area contributed by atoms with Gasteiger partial charge < -0.3 is 5.11 Å². The van der Waals surface area contributed by atoms with E-state index < -0.39 is 8.07 Å². The normalized spacial score (nSPS) is 9.43. The van der Waals surface area contributed by atoms with E-state index in [2.05, 4.69) is 26.2 Å². The van der Waals surface area contributed by atoms with Crippen LogP contribution in [-0.4, -0.2) is 20.3 Å². The monoisotopic (exact) mass is 120 g/mol. The van der Waals surface area contributed by atoms with E-state index in [0.29, 0.717) is 0 Å². The highest BCUT2D eigenvalue weighted by molar-refractivity contribution is 6.74. The highest BCUT2D eigenvalue weighted by atomic mass is 28.3. The Balaban J connectivity index is 0. The molecule has 0 rings (SSSR count). The lowest BCUT2D eigenvalue weighted by Gasteiger charge is -2.01. The van der Waals surface area contributed by atoms with Crippen molar-refractivity contribution in [2.75, 3.05) is 7.11 Å². The van der Waals surface area contributed by atoms with Crippen LogP contribution in [0.1, 0.15) is 0 Å². The van der Waals surface area contributed by atoms with Crippen LogP contribution in [0.4, 0.5) is 0 Å². The smallest absolute Gasteiger partial charge is 0.0411 e. The molecule has 0 bridgehead atoms. The minimum atomic E-state index is -0.611. The summed E-state index contributed by atoms with van der Waals surface area (Å²) in [6.07, 6.45) is 0. The Morgan fingerprint density at radius 1 is 0.857 bits per heavy atom. The first-order valence-corrected chi connectivity index (χ1v) is 6.45. The molecule has 0 spiro atoms. The van der Waals surface area contributed by atoms with Gasteiger partial charge >= 0.3 is 0 Å². The van der Waals surface area contributed by atoms with Gasteiger partial charge in [-0.05, 0) is 0 Å². The Labute approximate surface area is 47.4 Å². The number of aliphatic hydroxyl groups is 1. The zero-order valence-electron chi connectivity index (χ0n) is 5.95. The molecule has 0 aliphatic rings. The molecule has 0 fully saturated rings. The third-order valence-electron chi connectivity index (χ3n) is 0. The number of rotatable bonds is 0. The minimum Gasteiger partial charge on any atom is -0.400 e. The zero-order valence-corrected chi connectivity index (χ0v) is 6.95. The summed E-state index contributed by atoms with van der Waals surface area (Å²) >= 11 is 0. The van der Waals surface area contributed by atoms with E-state index in [1.165, 1.54) is 0 Å². The summed E-state index contributed by atoms with van der Waals surface area (Å²) in [6.45, 7) is 9.31. The van der Waals surface area contributed by atoms with Gasteiger partial charge in [0.1, 0.15) is 0 Å². The van der Waals surface area contributed by atoms with E-state index >= 15 is 0 Å². The van der Waals surface area contributed by atoms with Gasteiger partial charge in [-0.3, -0.25) is 0 Å². The van der Waals surface area contributed by atoms with Crippen LogP contribution in [0.5, 0.6) is 0 Å². The molecule has 46 valence electrons. The van der Waals surface area contributed by atoms with Gasteiger partial charge in [-0.15, -0.1) is 0 Å². The average Bonchev–Trinajstić information content (AvgIpc) is 1.36. The Kier molecular flexibility index (Phi) is 6.33. The Bertz CT molecular complexity index is 23.6. The molecule has 0 heterocycles. The summed E-state index contributed by atoms with van der Waals surface area (Å²) < 4.78 is 0. The van der Waals surface area contributed by atoms with Gasteiger partial charge in [-0.1, -0.05) is 26.2 Å². The van der Waals surface area contributed by atoms with E-state index in [1.807, 2.05) is 0 Å². The van der Waals surface area contributed by atoms with Crippen LogP contribution in [0.15, 0.2) is 0 Å². The van der Waals surface area contributed by atoms with Gasteiger partial charge in [-0.25, -0.2) is 0 Å². The van der Waals surface area contributed by atoms with Crippen molar-refractivity contribution >= 4 is 8.07 Å². The van der Waals surface area contributed by atoms with Crippen molar-refractivity contribution in [2.24, 2.45) is 0 Å². The van der Waals surface area contributed by atoms with E-state index in [9.17, 15) is 0 Å². The maximum absolute atomic E-state index is 7.00. The van der Waals surface area contributed by atoms with Crippen molar-refractivity contribution in [2.45, 2.75) is 26.2 Å². The van der Waals surface area contributed by atoms with Crippen molar-refractivity contribution in [1.82, 2.24) is 0 Å². The maximum atomic E-state index is 7.00. The zero-order chi connectivity index (χ0) is 6.50. The summed E-state index contributed by atoms with van der Waals surface area (Å²) in [6, 6.07) is 0. The van der Waals surface area contributed by atoms with Gasteiger partial charge in [0.15, 0.2) is 0 Å². The van der Waals surface area contributed by atoms with Crippen LogP contribution < -0.4 is 0 Å². The second-order valence-electron chi connectivity index (χ2n) is 3.00. The molecule has 0 aromatic heterocycles. The van der Waals surface area contributed by atoms with Crippen molar-refractivity contribution in [1.29, 1.82) is 0 Å². The molecule has 0 unspecified atom stereocenters. The summed E-state index contributed by atoms with van der Waals surface area (Å²) in [4.78, 5) is 0. The SMILES string of the molecule is CO.C[Si](C)(C)C. The van der Waals surface area contributed by atoms with Gasteiger partial charge in [0.2, 0.25) is 0 Å². The highest BCUT2D eigenvalue weighted by Gasteiger charge is 1.99. The summed E-state index contributed by atoms with van der Waals surface area (Å²) in [7, 11) is 0.389. The van der Waals surface area contributed by atoms with Gasteiger partial charge in [0.25, 0.3) is 0 Å². The highest BCUT2D eigenvalue weighted by Crippen LogP contribution is 1.94. The lowest BCUT2D eigenvalue weighted by molar-refractivity contribution is 0.399. The molecular weight excluding hydrogens is 104 g/mol. The van der Waals surface area contributed by atoms with Gasteiger partial charge in [0, 0.05) is 15.2 Å². The van der Waals surface area contributed by atoms with Gasteiger partial charge in [-0.2, -0.15) is 0 Å². The quantitative estimate of drug-likeness (QED) is 0.481. The molecule has 0 aromatic carbocycles. The van der Waals surface area contributed by atoms with E-state index in [4.69, 9.17) is 5.11 Å². The molecule has 2 heteroatoms. The molecule has 0 amide bonds. The molecule has 7 heavy (non-hydrogen) atoms. The van der Waals surface area contributed by atoms with Crippen molar-refractivity contribution in [3.05, 3.63) is 0 Å². The van der Waals surface area contributed by atoms with Crippen LogP contribution in [-0.2, 0) is 0 Å². The Morgan fingerprint density at radius 2 is 0.857 bits per heavy atom. The molecule has 0 aliphatic heterocycles. The first-order valence-electron chi connectivity index (χ1n) is 2.45. The molecule has 0 atom stereocenters. The fraction of sp³-hybridized carbons (Fsp3) is 1.00. The Hall–Kier alpha value is 0.177. The van der Waals surface area contributed by atoms with Crippen molar-refractivity contribution in [3.8, 4) is 0 Å². The molecule has 1 N–H and O–H groups in total. The lowest BCUT2D eigenvalue weighted by Crippen LogP contribution is -2.10. The molecule has 0 aromatic rings. The number of hydrogen-bond acceptors (Lipinski definition) is 1. The molecule has 1 nitrogen and oxygen atoms in total. The predicted octanol–water partition coefficient (Wildman–Crippen LogP) is 1.56. The third kappa shape index (κ3) is 3440. The number of aliphatic hydroxyl groups excluding tert-OH is 1. The topological polar surface area (TPSA) is 20.2 Å². The van der Waals surface area contributed by atoms with Crippen LogP contribution >= 0.6 is 0 Å². The van der Waals surface area contributed by atoms with E-state index in [1.54, 1.807) is 0 Å². The van der Waals surface area contributed by atoms with Crippen LogP contribution in [0, 0.1) is 0 Å². The largest absolute Gasteiger partial charge is 0.400 e. The second-order valence-corrected chi connectivity index (χ2v) is 9.00. The second kappa shape index (κ2) is 4.34. The van der Waals surface area contributed by atoms with E-state index in [-0.39, 0.29) is 0 Å². The first kappa shape index (κ1) is 10.2. The minimum absolute atomic E-state index is 0.611. The molecule has 0 radical (unpaired) electrons. The summed E-state index contributed by atoms with van der Waals surface area (Å²) in [5.74, 6) is 0. The van der Waals surface area contributed by atoms with Crippen LogP contribution in [0.25, 0.3) is 0 Å².